The zero-order valence-electron chi connectivity index (χ0n) is 9.14. The van der Waals surface area contributed by atoms with Crippen molar-refractivity contribution in [2.24, 2.45) is 0 Å². The number of aryl methyl sites for hydroxylation is 1. The van der Waals surface area contributed by atoms with Crippen molar-refractivity contribution in [3.05, 3.63) is 53.6 Å². The molecule has 0 aliphatic heterocycles. The van der Waals surface area contributed by atoms with Crippen LogP contribution in [0.1, 0.15) is 11.3 Å². The van der Waals surface area contributed by atoms with Crippen LogP contribution in [-0.2, 0) is 0 Å². The number of ether oxygens (including phenoxy) is 1. The van der Waals surface area contributed by atoms with E-state index < -0.39 is 0 Å². The van der Waals surface area contributed by atoms with Crippen molar-refractivity contribution in [3.63, 3.8) is 0 Å². The molecule has 0 aliphatic rings. The van der Waals surface area contributed by atoms with Gasteiger partial charge in [-0.2, -0.15) is 5.26 Å². The molecule has 0 aliphatic carbocycles. The number of halogens is 1. The standard InChI is InChI=1S/C13H9FN2O/c1-9-2-4-11(6-13(9)14)17-12-5-3-10(7-15)16-8-12/h2-6,8H,1H3. The molecule has 3 nitrogen and oxygen atoms in total. The number of hydrogen-bond acceptors (Lipinski definition) is 3. The Hall–Kier alpha value is -2.41. The van der Waals surface area contributed by atoms with E-state index in [1.54, 1.807) is 31.2 Å². The lowest BCUT2D eigenvalue weighted by molar-refractivity contribution is 0.473. The van der Waals surface area contributed by atoms with Crippen molar-refractivity contribution >= 4 is 0 Å². The molecular weight excluding hydrogens is 219 g/mol. The molecule has 0 radical (unpaired) electrons. The van der Waals surface area contributed by atoms with E-state index in [0.29, 0.717) is 22.8 Å². The Morgan fingerprint density at radius 3 is 2.59 bits per heavy atom. The third-order valence-corrected chi connectivity index (χ3v) is 2.23. The van der Waals surface area contributed by atoms with E-state index in [1.165, 1.54) is 12.3 Å². The van der Waals surface area contributed by atoms with Crippen LogP contribution in [0.2, 0.25) is 0 Å². The van der Waals surface area contributed by atoms with Gasteiger partial charge >= 0.3 is 0 Å². The highest BCUT2D eigenvalue weighted by atomic mass is 19.1. The summed E-state index contributed by atoms with van der Waals surface area (Å²) in [5.41, 5.74) is 0.878. The molecule has 17 heavy (non-hydrogen) atoms. The summed E-state index contributed by atoms with van der Waals surface area (Å²) in [6.45, 7) is 1.68. The zero-order chi connectivity index (χ0) is 12.3. The second-order valence-electron chi connectivity index (χ2n) is 3.50. The molecule has 4 heteroatoms. The number of nitrogens with zero attached hydrogens (tertiary/aromatic N) is 2. The molecule has 1 heterocycles. The zero-order valence-corrected chi connectivity index (χ0v) is 9.14. The van der Waals surface area contributed by atoms with Crippen LogP contribution in [0.5, 0.6) is 11.5 Å². The van der Waals surface area contributed by atoms with Gasteiger partial charge in [0.1, 0.15) is 29.1 Å². The lowest BCUT2D eigenvalue weighted by Crippen LogP contribution is -1.89. The minimum Gasteiger partial charge on any atom is -0.456 e. The van der Waals surface area contributed by atoms with E-state index in [1.807, 2.05) is 6.07 Å². The molecule has 2 aromatic rings. The fourth-order valence-electron chi connectivity index (χ4n) is 1.28. The molecule has 84 valence electrons. The Morgan fingerprint density at radius 1 is 1.24 bits per heavy atom. The molecule has 2 rings (SSSR count). The molecule has 0 bridgehead atoms. The van der Waals surface area contributed by atoms with Crippen molar-refractivity contribution in [3.8, 4) is 17.6 Å². The number of hydrogen-bond donors (Lipinski definition) is 0. The molecule has 0 saturated carbocycles. The first kappa shape index (κ1) is 11.1. The second-order valence-corrected chi connectivity index (χ2v) is 3.50. The number of nitriles is 1. The first-order valence-electron chi connectivity index (χ1n) is 4.99. The normalized spacial score (nSPS) is 9.71. The van der Waals surface area contributed by atoms with Crippen LogP contribution >= 0.6 is 0 Å². The maximum Gasteiger partial charge on any atom is 0.145 e. The fourth-order valence-corrected chi connectivity index (χ4v) is 1.28. The Balaban J connectivity index is 2.20. The van der Waals surface area contributed by atoms with Crippen molar-refractivity contribution in [1.82, 2.24) is 4.98 Å². The van der Waals surface area contributed by atoms with Crippen molar-refractivity contribution in [2.75, 3.05) is 0 Å². The topological polar surface area (TPSA) is 45.9 Å². The summed E-state index contributed by atoms with van der Waals surface area (Å²) in [5, 5.41) is 8.58. The van der Waals surface area contributed by atoms with Gasteiger partial charge in [-0.05, 0) is 30.7 Å². The third-order valence-electron chi connectivity index (χ3n) is 2.23. The SMILES string of the molecule is Cc1ccc(Oc2ccc(C#N)nc2)cc1F. The highest BCUT2D eigenvalue weighted by Gasteiger charge is 2.02. The van der Waals surface area contributed by atoms with Gasteiger partial charge in [0.15, 0.2) is 0 Å². The van der Waals surface area contributed by atoms with Gasteiger partial charge in [-0.25, -0.2) is 9.37 Å². The van der Waals surface area contributed by atoms with Crippen molar-refractivity contribution in [1.29, 1.82) is 5.26 Å². The summed E-state index contributed by atoms with van der Waals surface area (Å²) in [6.07, 6.45) is 1.43. The number of pyridine rings is 1. The summed E-state index contributed by atoms with van der Waals surface area (Å²) in [4.78, 5) is 3.85. The van der Waals surface area contributed by atoms with Crippen LogP contribution in [0.4, 0.5) is 4.39 Å². The van der Waals surface area contributed by atoms with Gasteiger partial charge in [-0.3, -0.25) is 0 Å². The van der Waals surface area contributed by atoms with Crippen LogP contribution in [-0.4, -0.2) is 4.98 Å². The molecule has 0 fully saturated rings. The Morgan fingerprint density at radius 2 is 2.00 bits per heavy atom. The Labute approximate surface area is 98.1 Å². The summed E-state index contributed by atoms with van der Waals surface area (Å²) >= 11 is 0. The van der Waals surface area contributed by atoms with Crippen LogP contribution < -0.4 is 4.74 Å². The van der Waals surface area contributed by atoms with Gasteiger partial charge in [-0.15, -0.1) is 0 Å². The summed E-state index contributed by atoms with van der Waals surface area (Å²) < 4.78 is 18.7. The predicted molar refractivity (Wildman–Crippen MR) is 60.2 cm³/mol. The minimum atomic E-state index is -0.316. The summed E-state index contributed by atoms with van der Waals surface area (Å²) in [6, 6.07) is 9.69. The quantitative estimate of drug-likeness (QED) is 0.792. The monoisotopic (exact) mass is 228 g/mol. The van der Waals surface area contributed by atoms with Gasteiger partial charge < -0.3 is 4.74 Å². The van der Waals surface area contributed by atoms with Gasteiger partial charge in [0, 0.05) is 6.07 Å². The Kier molecular flexibility index (Phi) is 3.01. The van der Waals surface area contributed by atoms with Gasteiger partial charge in [0.2, 0.25) is 0 Å². The molecule has 0 unspecified atom stereocenters. The minimum absolute atomic E-state index is 0.312. The number of benzene rings is 1. The lowest BCUT2D eigenvalue weighted by Gasteiger charge is -2.05. The highest BCUT2D eigenvalue weighted by Crippen LogP contribution is 2.22. The fraction of sp³-hybridized carbons (Fsp3) is 0.0769. The predicted octanol–water partition coefficient (Wildman–Crippen LogP) is 3.19. The lowest BCUT2D eigenvalue weighted by atomic mass is 10.2. The van der Waals surface area contributed by atoms with Crippen LogP contribution in [0.3, 0.4) is 0 Å². The summed E-state index contributed by atoms with van der Waals surface area (Å²) in [5.74, 6) is 0.552. The van der Waals surface area contributed by atoms with E-state index in [2.05, 4.69) is 4.98 Å². The molecule has 0 amide bonds. The van der Waals surface area contributed by atoms with E-state index in [-0.39, 0.29) is 5.82 Å². The summed E-state index contributed by atoms with van der Waals surface area (Å²) in [7, 11) is 0. The first-order valence-corrected chi connectivity index (χ1v) is 4.99. The van der Waals surface area contributed by atoms with Crippen molar-refractivity contribution in [2.45, 2.75) is 6.92 Å². The maximum absolute atomic E-state index is 13.3. The Bertz CT molecular complexity index is 573. The largest absolute Gasteiger partial charge is 0.456 e. The van der Waals surface area contributed by atoms with Crippen LogP contribution in [0.15, 0.2) is 36.5 Å². The van der Waals surface area contributed by atoms with Crippen molar-refractivity contribution < 1.29 is 9.13 Å². The van der Waals surface area contributed by atoms with E-state index >= 15 is 0 Å². The molecule has 0 spiro atoms. The average molecular weight is 228 g/mol. The highest BCUT2D eigenvalue weighted by molar-refractivity contribution is 5.34. The smallest absolute Gasteiger partial charge is 0.145 e. The molecule has 1 aromatic carbocycles. The van der Waals surface area contributed by atoms with E-state index in [0.717, 1.165) is 0 Å². The molecule has 0 atom stereocenters. The van der Waals surface area contributed by atoms with Gasteiger partial charge in [-0.1, -0.05) is 6.07 Å². The maximum atomic E-state index is 13.3. The molecular formula is C13H9FN2O. The first-order chi connectivity index (χ1) is 8.19. The van der Waals surface area contributed by atoms with E-state index in [4.69, 9.17) is 10.00 Å². The molecule has 0 N–H and O–H groups in total. The van der Waals surface area contributed by atoms with Crippen LogP contribution in [0.25, 0.3) is 0 Å². The third kappa shape index (κ3) is 2.58. The van der Waals surface area contributed by atoms with Crippen LogP contribution in [0, 0.1) is 24.1 Å². The van der Waals surface area contributed by atoms with Gasteiger partial charge in [0.05, 0.1) is 6.20 Å². The number of rotatable bonds is 2. The molecule has 0 saturated heterocycles. The average Bonchev–Trinajstić information content (AvgIpc) is 2.35. The molecule has 1 aromatic heterocycles. The second kappa shape index (κ2) is 4.62. The van der Waals surface area contributed by atoms with Gasteiger partial charge in [0.25, 0.3) is 0 Å². The van der Waals surface area contributed by atoms with E-state index in [9.17, 15) is 4.39 Å². The number of aromatic nitrogens is 1.